The summed E-state index contributed by atoms with van der Waals surface area (Å²) in [5.41, 5.74) is 4.41. The molecule has 0 spiro atoms. The summed E-state index contributed by atoms with van der Waals surface area (Å²) in [4.78, 5) is 29.3. The molecule has 232 valence electrons. The third-order valence-electron chi connectivity index (χ3n) is 9.53. The Labute approximate surface area is 259 Å². The molecule has 2 fully saturated rings. The number of carbonyl (C=O) groups is 2. The molecule has 4 aromatic rings. The van der Waals surface area contributed by atoms with E-state index in [-0.39, 0.29) is 18.4 Å². The van der Waals surface area contributed by atoms with Crippen LogP contribution in [0.5, 0.6) is 0 Å². The highest BCUT2D eigenvalue weighted by molar-refractivity contribution is 5.95. The Morgan fingerprint density at radius 3 is 2.51 bits per heavy atom. The van der Waals surface area contributed by atoms with E-state index in [4.69, 9.17) is 0 Å². The van der Waals surface area contributed by atoms with Gasteiger partial charge in [0.25, 0.3) is 5.91 Å². The number of carbonyl (C=O) groups excluding carboxylic acids is 2. The van der Waals surface area contributed by atoms with Crippen molar-refractivity contribution in [2.24, 2.45) is 11.8 Å². The summed E-state index contributed by atoms with van der Waals surface area (Å²) in [5.74, 6) is -5.52. The fraction of sp³-hybridized carbons (Fsp3) is 0.343. The normalized spacial score (nSPS) is 25.2. The predicted octanol–water partition coefficient (Wildman–Crippen LogP) is 6.61. The number of benzene rings is 3. The molecule has 45 heavy (non-hydrogen) atoms. The van der Waals surface area contributed by atoms with Gasteiger partial charge >= 0.3 is 0 Å². The lowest BCUT2D eigenvalue weighted by Gasteiger charge is -2.42. The number of hydrogen-bond acceptors (Lipinski definition) is 4. The molecule has 1 saturated carbocycles. The van der Waals surface area contributed by atoms with Crippen LogP contribution in [0.2, 0.25) is 0 Å². The number of nitrogens with one attached hydrogen (secondary N) is 2. The van der Waals surface area contributed by atoms with Crippen molar-refractivity contribution in [2.45, 2.75) is 56.7 Å². The van der Waals surface area contributed by atoms with E-state index in [1.807, 2.05) is 49.5 Å². The molecule has 5 atom stereocenters. The van der Waals surface area contributed by atoms with Crippen LogP contribution in [0.15, 0.2) is 85.1 Å². The van der Waals surface area contributed by atoms with Crippen LogP contribution >= 0.6 is 0 Å². The first-order valence-corrected chi connectivity index (χ1v) is 15.4. The van der Waals surface area contributed by atoms with E-state index in [2.05, 4.69) is 15.7 Å². The fourth-order valence-electron chi connectivity index (χ4n) is 7.34. The number of alkyl halides is 2. The molecule has 2 amide bonds. The molecular formula is C35H34F3N5O2. The Bertz CT molecular complexity index is 1720. The molecule has 7 nitrogen and oxygen atoms in total. The largest absolute Gasteiger partial charge is 0.378 e. The van der Waals surface area contributed by atoms with Gasteiger partial charge in [0.2, 0.25) is 11.8 Å². The summed E-state index contributed by atoms with van der Waals surface area (Å²) >= 11 is 0. The van der Waals surface area contributed by atoms with Crippen molar-refractivity contribution in [3.05, 3.63) is 113 Å². The Kier molecular flexibility index (Phi) is 7.38. The maximum atomic E-state index is 14.9. The lowest BCUT2D eigenvalue weighted by Crippen LogP contribution is -2.53. The molecule has 2 aliphatic heterocycles. The summed E-state index contributed by atoms with van der Waals surface area (Å²) in [5, 5.41) is 10.8. The fourth-order valence-corrected chi connectivity index (χ4v) is 7.34. The maximum Gasteiger partial charge on any atom is 0.251 e. The van der Waals surface area contributed by atoms with Crippen molar-refractivity contribution in [2.75, 3.05) is 11.9 Å². The summed E-state index contributed by atoms with van der Waals surface area (Å²) in [6.07, 6.45) is 1.35. The SMILES string of the molecule is Cc1ccn(-c2ccc(C(=O)N[C@@H]3CCC(F)(F)C[C@@H]3C(=O)N3CC[C@H]4C3c3cc(F)ccc3N[C@H]4c3ccccc3)cc2)n1. The minimum atomic E-state index is -3.03. The van der Waals surface area contributed by atoms with Crippen molar-refractivity contribution >= 4 is 17.5 Å². The Hall–Kier alpha value is -4.60. The van der Waals surface area contributed by atoms with Gasteiger partial charge in [0.05, 0.1) is 29.4 Å². The Morgan fingerprint density at radius 2 is 1.78 bits per heavy atom. The minimum absolute atomic E-state index is 0.0266. The molecule has 1 unspecified atom stereocenters. The zero-order valence-electron chi connectivity index (χ0n) is 24.8. The van der Waals surface area contributed by atoms with Crippen LogP contribution in [-0.4, -0.2) is 45.0 Å². The van der Waals surface area contributed by atoms with Gasteiger partial charge in [0.1, 0.15) is 5.82 Å². The number of nitrogens with zero attached hydrogens (tertiary/aromatic N) is 3. The lowest BCUT2D eigenvalue weighted by atomic mass is 9.78. The van der Waals surface area contributed by atoms with E-state index in [0.717, 1.165) is 22.6 Å². The number of rotatable bonds is 5. The van der Waals surface area contributed by atoms with Gasteiger partial charge < -0.3 is 15.5 Å². The number of anilines is 1. The predicted molar refractivity (Wildman–Crippen MR) is 164 cm³/mol. The van der Waals surface area contributed by atoms with Crippen molar-refractivity contribution in [1.29, 1.82) is 0 Å². The summed E-state index contributed by atoms with van der Waals surface area (Å²) in [6.45, 7) is 2.24. The van der Waals surface area contributed by atoms with Crippen molar-refractivity contribution in [3.63, 3.8) is 0 Å². The number of hydrogen-bond donors (Lipinski definition) is 2. The van der Waals surface area contributed by atoms with Gasteiger partial charge in [-0.3, -0.25) is 9.59 Å². The van der Waals surface area contributed by atoms with Crippen LogP contribution < -0.4 is 10.6 Å². The number of aryl methyl sites for hydroxylation is 1. The van der Waals surface area contributed by atoms with Gasteiger partial charge in [-0.2, -0.15) is 5.10 Å². The van der Waals surface area contributed by atoms with E-state index < -0.39 is 54.4 Å². The first-order valence-electron chi connectivity index (χ1n) is 15.4. The molecule has 1 aliphatic carbocycles. The smallest absolute Gasteiger partial charge is 0.251 e. The highest BCUT2D eigenvalue weighted by Crippen LogP contribution is 2.52. The third-order valence-corrected chi connectivity index (χ3v) is 9.53. The summed E-state index contributed by atoms with van der Waals surface area (Å²) in [6, 6.07) is 21.7. The molecule has 3 heterocycles. The van der Waals surface area contributed by atoms with Crippen molar-refractivity contribution in [3.8, 4) is 5.69 Å². The molecule has 7 rings (SSSR count). The van der Waals surface area contributed by atoms with Crippen LogP contribution in [0.1, 0.15) is 64.9 Å². The molecule has 10 heteroatoms. The lowest BCUT2D eigenvalue weighted by molar-refractivity contribution is -0.146. The monoisotopic (exact) mass is 613 g/mol. The summed E-state index contributed by atoms with van der Waals surface area (Å²) < 4.78 is 46.1. The van der Waals surface area contributed by atoms with E-state index in [1.54, 1.807) is 39.9 Å². The maximum absolute atomic E-state index is 14.9. The van der Waals surface area contributed by atoms with Crippen LogP contribution in [0.4, 0.5) is 18.9 Å². The van der Waals surface area contributed by atoms with Gasteiger partial charge in [-0.1, -0.05) is 30.3 Å². The highest BCUT2D eigenvalue weighted by atomic mass is 19.3. The van der Waals surface area contributed by atoms with Gasteiger partial charge in [0.15, 0.2) is 0 Å². The molecule has 1 aromatic heterocycles. The Morgan fingerprint density at radius 1 is 1.00 bits per heavy atom. The number of fused-ring (bicyclic) bond motifs is 3. The molecule has 2 N–H and O–H groups in total. The second kappa shape index (κ2) is 11.4. The number of likely N-dealkylation sites (tertiary alicyclic amines) is 1. The van der Waals surface area contributed by atoms with Crippen LogP contribution in [0, 0.1) is 24.6 Å². The van der Waals surface area contributed by atoms with E-state index >= 15 is 0 Å². The number of aromatic nitrogens is 2. The standard InChI is InChI=1S/C35H34F3N5O2/c1-21-14-18-43(41-21)25-10-7-23(8-11-25)33(44)40-30-13-16-35(37,38)20-28(30)34(45)42-17-15-26-31(22-5-3-2-4-6-22)39-29-12-9-24(36)19-27(29)32(26)42/h2-12,14,18-19,26,28,30-32,39H,13,15-17,20H2,1H3,(H,40,44)/t26-,28+,30-,31+,32?/m1/s1. The zero-order valence-corrected chi connectivity index (χ0v) is 24.8. The number of halogens is 3. The van der Waals surface area contributed by atoms with Gasteiger partial charge in [-0.25, -0.2) is 17.9 Å². The molecular weight excluding hydrogens is 579 g/mol. The third kappa shape index (κ3) is 5.58. The van der Waals surface area contributed by atoms with Crippen LogP contribution in [-0.2, 0) is 4.79 Å². The molecule has 3 aliphatic rings. The highest BCUT2D eigenvalue weighted by Gasteiger charge is 2.51. The Balaban J connectivity index is 1.15. The topological polar surface area (TPSA) is 79.3 Å². The van der Waals surface area contributed by atoms with Crippen molar-refractivity contribution in [1.82, 2.24) is 20.0 Å². The van der Waals surface area contributed by atoms with Crippen molar-refractivity contribution < 1.29 is 22.8 Å². The van der Waals surface area contributed by atoms with Gasteiger partial charge in [-0.15, -0.1) is 0 Å². The quantitative estimate of drug-likeness (QED) is 0.266. The van der Waals surface area contributed by atoms with E-state index in [0.29, 0.717) is 24.1 Å². The molecule has 3 aromatic carbocycles. The first-order chi connectivity index (χ1) is 21.7. The summed E-state index contributed by atoms with van der Waals surface area (Å²) in [7, 11) is 0. The second-order valence-corrected chi connectivity index (χ2v) is 12.4. The average molecular weight is 614 g/mol. The molecule has 0 bridgehead atoms. The van der Waals surface area contributed by atoms with Gasteiger partial charge in [-0.05, 0) is 73.9 Å². The number of amides is 2. The first kappa shape index (κ1) is 29.1. The van der Waals surface area contributed by atoms with Crippen LogP contribution in [0.25, 0.3) is 5.69 Å². The molecule has 0 radical (unpaired) electrons. The molecule has 1 saturated heterocycles. The second-order valence-electron chi connectivity index (χ2n) is 12.4. The van der Waals surface area contributed by atoms with Crippen LogP contribution in [0.3, 0.4) is 0 Å². The van der Waals surface area contributed by atoms with Gasteiger partial charge in [0, 0.05) is 54.4 Å². The van der Waals surface area contributed by atoms with E-state index in [1.165, 1.54) is 12.1 Å². The minimum Gasteiger partial charge on any atom is -0.378 e. The average Bonchev–Trinajstić information content (AvgIpc) is 3.69. The van der Waals surface area contributed by atoms with E-state index in [9.17, 15) is 22.8 Å². The zero-order chi connectivity index (χ0) is 31.3.